The van der Waals surface area contributed by atoms with E-state index >= 15 is 0 Å². The standard InChI is InChI=1S/C9H12N2O4S/c1-14-9-7(15-6-2-3-6)4-5-8(11-9)16(10,12)13/h4-6H,2-3H2,1H3,(H2,10,12,13). The van der Waals surface area contributed by atoms with Crippen molar-refractivity contribution in [3.8, 4) is 11.6 Å². The first kappa shape index (κ1) is 11.2. The molecule has 0 unspecified atom stereocenters. The van der Waals surface area contributed by atoms with E-state index in [0.717, 1.165) is 12.8 Å². The number of hydrogen-bond acceptors (Lipinski definition) is 5. The van der Waals surface area contributed by atoms with E-state index in [1.165, 1.54) is 19.2 Å². The Bertz CT molecular complexity index is 496. The van der Waals surface area contributed by atoms with Gasteiger partial charge in [0.05, 0.1) is 13.2 Å². The predicted molar refractivity (Wildman–Crippen MR) is 55.8 cm³/mol. The molecular formula is C9H12N2O4S. The second-order valence-electron chi connectivity index (χ2n) is 3.52. The van der Waals surface area contributed by atoms with Gasteiger partial charge < -0.3 is 9.47 Å². The Morgan fingerprint density at radius 2 is 2.12 bits per heavy atom. The molecule has 0 bridgehead atoms. The van der Waals surface area contributed by atoms with Gasteiger partial charge in [0, 0.05) is 0 Å². The molecule has 2 rings (SSSR count). The fourth-order valence-corrected chi connectivity index (χ4v) is 1.64. The first-order valence-electron chi connectivity index (χ1n) is 4.75. The molecule has 0 spiro atoms. The smallest absolute Gasteiger partial charge is 0.258 e. The van der Waals surface area contributed by atoms with Gasteiger partial charge in [0.2, 0.25) is 0 Å². The number of hydrogen-bond donors (Lipinski definition) is 1. The van der Waals surface area contributed by atoms with Gasteiger partial charge in [-0.3, -0.25) is 0 Å². The van der Waals surface area contributed by atoms with Crippen molar-refractivity contribution in [2.75, 3.05) is 7.11 Å². The van der Waals surface area contributed by atoms with Crippen molar-refractivity contribution < 1.29 is 17.9 Å². The number of primary sulfonamides is 1. The quantitative estimate of drug-likeness (QED) is 0.821. The Morgan fingerprint density at radius 1 is 1.44 bits per heavy atom. The highest BCUT2D eigenvalue weighted by molar-refractivity contribution is 7.89. The number of methoxy groups -OCH3 is 1. The number of pyridine rings is 1. The number of nitrogens with zero attached hydrogens (tertiary/aromatic N) is 1. The van der Waals surface area contributed by atoms with Crippen molar-refractivity contribution in [3.63, 3.8) is 0 Å². The number of sulfonamides is 1. The average Bonchev–Trinajstić information content (AvgIpc) is 3.00. The highest BCUT2D eigenvalue weighted by Gasteiger charge is 2.26. The molecule has 6 nitrogen and oxygen atoms in total. The summed E-state index contributed by atoms with van der Waals surface area (Å²) in [6, 6.07) is 2.81. The largest absolute Gasteiger partial charge is 0.485 e. The first-order chi connectivity index (χ1) is 7.50. The van der Waals surface area contributed by atoms with Crippen molar-refractivity contribution in [2.45, 2.75) is 24.0 Å². The molecule has 16 heavy (non-hydrogen) atoms. The molecule has 0 aromatic carbocycles. The van der Waals surface area contributed by atoms with Crippen LogP contribution in [0, 0.1) is 0 Å². The molecule has 0 amide bonds. The average molecular weight is 244 g/mol. The van der Waals surface area contributed by atoms with Crippen molar-refractivity contribution in [2.24, 2.45) is 5.14 Å². The molecule has 0 saturated heterocycles. The SMILES string of the molecule is COc1nc(S(N)(=O)=O)ccc1OC1CC1. The molecule has 0 aliphatic heterocycles. The third-order valence-electron chi connectivity index (χ3n) is 2.10. The Kier molecular flexibility index (Phi) is 2.73. The molecular weight excluding hydrogens is 232 g/mol. The minimum Gasteiger partial charge on any atom is -0.485 e. The maximum absolute atomic E-state index is 11.1. The molecule has 1 saturated carbocycles. The molecule has 2 N–H and O–H groups in total. The molecule has 7 heteroatoms. The van der Waals surface area contributed by atoms with Crippen LogP contribution in [-0.2, 0) is 10.0 Å². The van der Waals surface area contributed by atoms with Crippen LogP contribution in [0.3, 0.4) is 0 Å². The zero-order valence-electron chi connectivity index (χ0n) is 8.71. The number of rotatable bonds is 4. The molecule has 88 valence electrons. The van der Waals surface area contributed by atoms with E-state index in [9.17, 15) is 8.42 Å². The minimum atomic E-state index is -3.81. The Balaban J connectivity index is 2.33. The summed E-state index contributed by atoms with van der Waals surface area (Å²) >= 11 is 0. The highest BCUT2D eigenvalue weighted by atomic mass is 32.2. The highest BCUT2D eigenvalue weighted by Crippen LogP contribution is 2.32. The van der Waals surface area contributed by atoms with Crippen molar-refractivity contribution in [1.82, 2.24) is 4.98 Å². The maximum Gasteiger partial charge on any atom is 0.258 e. The Labute approximate surface area is 93.4 Å². The van der Waals surface area contributed by atoms with Gasteiger partial charge in [-0.25, -0.2) is 13.6 Å². The summed E-state index contributed by atoms with van der Waals surface area (Å²) in [7, 11) is -2.41. The van der Waals surface area contributed by atoms with Gasteiger partial charge in [-0.1, -0.05) is 0 Å². The monoisotopic (exact) mass is 244 g/mol. The molecule has 1 aromatic rings. The van der Waals surface area contributed by atoms with Gasteiger partial charge in [0.15, 0.2) is 10.8 Å². The molecule has 1 fully saturated rings. The Morgan fingerprint density at radius 3 is 2.62 bits per heavy atom. The third-order valence-corrected chi connectivity index (χ3v) is 2.91. The van der Waals surface area contributed by atoms with Crippen LogP contribution in [0.15, 0.2) is 17.2 Å². The van der Waals surface area contributed by atoms with Crippen LogP contribution < -0.4 is 14.6 Å². The third kappa shape index (κ3) is 2.42. The van der Waals surface area contributed by atoms with Crippen LogP contribution >= 0.6 is 0 Å². The van der Waals surface area contributed by atoms with E-state index < -0.39 is 10.0 Å². The van der Waals surface area contributed by atoms with Crippen LogP contribution in [0.5, 0.6) is 11.6 Å². The van der Waals surface area contributed by atoms with Crippen molar-refractivity contribution in [1.29, 1.82) is 0 Å². The van der Waals surface area contributed by atoms with Crippen LogP contribution in [0.1, 0.15) is 12.8 Å². The lowest BCUT2D eigenvalue weighted by Crippen LogP contribution is -2.14. The van der Waals surface area contributed by atoms with E-state index in [-0.39, 0.29) is 17.0 Å². The predicted octanol–water partition coefficient (Wildman–Crippen LogP) is 0.279. The lowest BCUT2D eigenvalue weighted by Gasteiger charge is -2.09. The lowest BCUT2D eigenvalue weighted by molar-refractivity contribution is 0.275. The van der Waals surface area contributed by atoms with E-state index in [1.807, 2.05) is 0 Å². The Hall–Kier alpha value is -1.34. The zero-order chi connectivity index (χ0) is 11.8. The van der Waals surface area contributed by atoms with E-state index in [2.05, 4.69) is 4.98 Å². The summed E-state index contributed by atoms with van der Waals surface area (Å²) in [6.07, 6.45) is 2.19. The topological polar surface area (TPSA) is 91.5 Å². The number of nitrogens with two attached hydrogens (primary N) is 1. The number of ether oxygens (including phenoxy) is 2. The normalized spacial score (nSPS) is 15.9. The molecule has 1 heterocycles. The van der Waals surface area contributed by atoms with Crippen molar-refractivity contribution in [3.05, 3.63) is 12.1 Å². The molecule has 1 aliphatic rings. The van der Waals surface area contributed by atoms with Gasteiger partial charge in [0.1, 0.15) is 0 Å². The van der Waals surface area contributed by atoms with E-state index in [0.29, 0.717) is 5.75 Å². The second kappa shape index (κ2) is 3.91. The fraction of sp³-hybridized carbons (Fsp3) is 0.444. The summed E-state index contributed by atoms with van der Waals surface area (Å²) in [5, 5.41) is 4.73. The lowest BCUT2D eigenvalue weighted by atomic mass is 10.4. The van der Waals surface area contributed by atoms with Gasteiger partial charge >= 0.3 is 0 Å². The van der Waals surface area contributed by atoms with Crippen LogP contribution in [0.2, 0.25) is 0 Å². The van der Waals surface area contributed by atoms with Gasteiger partial charge in [-0.05, 0) is 25.0 Å². The minimum absolute atomic E-state index is 0.137. The molecule has 1 aliphatic carbocycles. The van der Waals surface area contributed by atoms with Gasteiger partial charge in [0.25, 0.3) is 15.9 Å². The fourth-order valence-electron chi connectivity index (χ4n) is 1.17. The summed E-state index contributed by atoms with van der Waals surface area (Å²) < 4.78 is 32.6. The number of aromatic nitrogens is 1. The van der Waals surface area contributed by atoms with Crippen LogP contribution in [0.25, 0.3) is 0 Å². The molecule has 0 radical (unpaired) electrons. The van der Waals surface area contributed by atoms with Gasteiger partial charge in [-0.2, -0.15) is 4.98 Å². The van der Waals surface area contributed by atoms with E-state index in [4.69, 9.17) is 14.6 Å². The van der Waals surface area contributed by atoms with E-state index in [1.54, 1.807) is 0 Å². The maximum atomic E-state index is 11.1. The summed E-state index contributed by atoms with van der Waals surface area (Å²) in [4.78, 5) is 3.78. The van der Waals surface area contributed by atoms with Crippen molar-refractivity contribution >= 4 is 10.0 Å². The zero-order valence-corrected chi connectivity index (χ0v) is 9.53. The van der Waals surface area contributed by atoms with Crippen LogP contribution in [-0.4, -0.2) is 26.6 Å². The summed E-state index contributed by atoms with van der Waals surface area (Å²) in [5.41, 5.74) is 0. The van der Waals surface area contributed by atoms with Crippen LogP contribution in [0.4, 0.5) is 0 Å². The van der Waals surface area contributed by atoms with Gasteiger partial charge in [-0.15, -0.1) is 0 Å². The summed E-state index contributed by atoms with van der Waals surface area (Å²) in [6.45, 7) is 0. The molecule has 1 aromatic heterocycles. The summed E-state index contributed by atoms with van der Waals surface area (Å²) in [5.74, 6) is 0.579. The first-order valence-corrected chi connectivity index (χ1v) is 6.30. The second-order valence-corrected chi connectivity index (χ2v) is 5.03. The molecule has 0 atom stereocenters.